The van der Waals surface area contributed by atoms with Crippen LogP contribution in [0.3, 0.4) is 0 Å². The number of pyridine rings is 2. The molecule has 36 heavy (non-hydrogen) atoms. The number of hydrogen-bond donors (Lipinski definition) is 1. The first kappa shape index (κ1) is 23.6. The second-order valence-corrected chi connectivity index (χ2v) is 8.24. The molecule has 2 aromatic carbocycles. The molecule has 0 bridgehead atoms. The van der Waals surface area contributed by atoms with Crippen LogP contribution in [0.2, 0.25) is 0 Å². The lowest BCUT2D eigenvalue weighted by molar-refractivity contribution is 0.122. The van der Waals surface area contributed by atoms with Gasteiger partial charge in [0.1, 0.15) is 5.69 Å². The zero-order valence-corrected chi connectivity index (χ0v) is 19.5. The summed E-state index contributed by atoms with van der Waals surface area (Å²) in [4.78, 5) is 9.90. The van der Waals surface area contributed by atoms with E-state index in [2.05, 4.69) is 20.5 Å². The van der Waals surface area contributed by atoms with Crippen molar-refractivity contribution in [1.29, 1.82) is 0 Å². The molecule has 0 aliphatic carbocycles. The van der Waals surface area contributed by atoms with Crippen molar-refractivity contribution >= 4 is 28.5 Å². The van der Waals surface area contributed by atoms with Crippen molar-refractivity contribution in [3.8, 4) is 5.88 Å². The summed E-state index contributed by atoms with van der Waals surface area (Å²) >= 11 is 0. The molecule has 0 saturated carbocycles. The van der Waals surface area contributed by atoms with Crippen LogP contribution in [0.4, 0.5) is 20.3 Å². The number of benzene rings is 2. The van der Waals surface area contributed by atoms with E-state index in [1.54, 1.807) is 17.3 Å². The number of nitrogens with zero attached hydrogens (tertiary/aromatic N) is 4. The van der Waals surface area contributed by atoms with Gasteiger partial charge in [0.15, 0.2) is 11.6 Å². The Kier molecular flexibility index (Phi) is 7.28. The molecule has 4 aromatic rings. The van der Waals surface area contributed by atoms with E-state index in [0.717, 1.165) is 22.0 Å². The van der Waals surface area contributed by atoms with E-state index in [0.29, 0.717) is 32.7 Å². The monoisotopic (exact) mass is 489 g/mol. The summed E-state index contributed by atoms with van der Waals surface area (Å²) in [5.74, 6) is -2.19. The van der Waals surface area contributed by atoms with Crippen LogP contribution in [-0.2, 0) is 11.2 Å². The van der Waals surface area contributed by atoms with Crippen molar-refractivity contribution in [2.75, 3.05) is 43.2 Å². The molecule has 9 heteroatoms. The third-order valence-corrected chi connectivity index (χ3v) is 5.83. The zero-order chi connectivity index (χ0) is 24.7. The first-order valence-electron chi connectivity index (χ1n) is 11.7. The smallest absolute Gasteiger partial charge is 0.254 e. The molecule has 0 atom stereocenters. The molecule has 1 aliphatic heterocycles. The molecule has 7 nitrogen and oxygen atoms in total. The summed E-state index contributed by atoms with van der Waals surface area (Å²) in [5.41, 5.74) is 4.05. The maximum atomic E-state index is 15.4. The minimum atomic E-state index is -0.848. The summed E-state index contributed by atoms with van der Waals surface area (Å²) in [6, 6.07) is 19.4. The maximum Gasteiger partial charge on any atom is 0.254 e. The van der Waals surface area contributed by atoms with E-state index in [9.17, 15) is 0 Å². The topological polar surface area (TPSA) is 71.9 Å². The van der Waals surface area contributed by atoms with Gasteiger partial charge >= 0.3 is 0 Å². The normalized spacial score (nSPS) is 13.9. The van der Waals surface area contributed by atoms with Crippen molar-refractivity contribution in [1.82, 2.24) is 9.97 Å². The molecule has 3 heterocycles. The fourth-order valence-corrected chi connectivity index (χ4v) is 4.00. The van der Waals surface area contributed by atoms with Crippen molar-refractivity contribution in [2.24, 2.45) is 5.10 Å². The highest BCUT2D eigenvalue weighted by atomic mass is 19.1. The minimum absolute atomic E-state index is 0.134. The van der Waals surface area contributed by atoms with Gasteiger partial charge in [-0.05, 0) is 34.5 Å². The third kappa shape index (κ3) is 5.41. The SMILES string of the molecule is Fc1c(NN=Cc2ccc3ccccc3c2)nc(OCCc2ccccn2)c(F)c1N1CCOCC1. The van der Waals surface area contributed by atoms with Gasteiger partial charge in [-0.25, -0.2) is 4.39 Å². The number of ether oxygens (including phenoxy) is 2. The first-order chi connectivity index (χ1) is 17.7. The minimum Gasteiger partial charge on any atom is -0.475 e. The van der Waals surface area contributed by atoms with Gasteiger partial charge in [0.25, 0.3) is 5.88 Å². The molecule has 1 saturated heterocycles. The van der Waals surface area contributed by atoms with Crippen molar-refractivity contribution in [3.05, 3.63) is 89.8 Å². The predicted molar refractivity (Wildman–Crippen MR) is 136 cm³/mol. The number of anilines is 2. The number of nitrogens with one attached hydrogen (secondary N) is 1. The Bertz CT molecular complexity index is 1360. The van der Waals surface area contributed by atoms with E-state index in [1.165, 1.54) is 0 Å². The summed E-state index contributed by atoms with van der Waals surface area (Å²) in [7, 11) is 0. The molecule has 0 unspecified atom stereocenters. The summed E-state index contributed by atoms with van der Waals surface area (Å²) in [6.07, 6.45) is 3.69. The van der Waals surface area contributed by atoms with Crippen LogP contribution in [0, 0.1) is 11.6 Å². The maximum absolute atomic E-state index is 15.4. The molecule has 1 aliphatic rings. The Morgan fingerprint density at radius 3 is 2.61 bits per heavy atom. The van der Waals surface area contributed by atoms with E-state index in [-0.39, 0.29) is 24.0 Å². The summed E-state index contributed by atoms with van der Waals surface area (Å²) < 4.78 is 41.8. The Morgan fingerprint density at radius 1 is 1.00 bits per heavy atom. The van der Waals surface area contributed by atoms with Crippen LogP contribution in [0.5, 0.6) is 5.88 Å². The van der Waals surface area contributed by atoms with Crippen LogP contribution in [0.25, 0.3) is 10.8 Å². The van der Waals surface area contributed by atoms with Crippen LogP contribution >= 0.6 is 0 Å². The average molecular weight is 490 g/mol. The number of halogens is 2. The van der Waals surface area contributed by atoms with Crippen molar-refractivity contribution < 1.29 is 18.3 Å². The van der Waals surface area contributed by atoms with Gasteiger partial charge in [-0.3, -0.25) is 10.4 Å². The van der Waals surface area contributed by atoms with E-state index in [4.69, 9.17) is 9.47 Å². The van der Waals surface area contributed by atoms with Crippen molar-refractivity contribution in [3.63, 3.8) is 0 Å². The zero-order valence-electron chi connectivity index (χ0n) is 19.5. The van der Waals surface area contributed by atoms with Gasteiger partial charge in [0, 0.05) is 31.4 Å². The van der Waals surface area contributed by atoms with Gasteiger partial charge in [-0.2, -0.15) is 14.5 Å². The fraction of sp³-hybridized carbons (Fsp3) is 0.222. The largest absolute Gasteiger partial charge is 0.475 e. The second kappa shape index (κ2) is 11.1. The van der Waals surface area contributed by atoms with Crippen LogP contribution < -0.4 is 15.1 Å². The molecular formula is C27H25F2N5O2. The van der Waals surface area contributed by atoms with Gasteiger partial charge < -0.3 is 14.4 Å². The van der Waals surface area contributed by atoms with Crippen LogP contribution in [0.1, 0.15) is 11.3 Å². The average Bonchev–Trinajstić information content (AvgIpc) is 2.92. The highest BCUT2D eigenvalue weighted by Crippen LogP contribution is 2.34. The number of hydrogen-bond acceptors (Lipinski definition) is 7. The third-order valence-electron chi connectivity index (χ3n) is 5.83. The van der Waals surface area contributed by atoms with Crippen LogP contribution in [0.15, 0.2) is 72.0 Å². The van der Waals surface area contributed by atoms with Crippen molar-refractivity contribution in [2.45, 2.75) is 6.42 Å². The lowest BCUT2D eigenvalue weighted by Gasteiger charge is -2.30. The first-order valence-corrected chi connectivity index (χ1v) is 11.7. The molecule has 0 radical (unpaired) electrons. The number of morpholine rings is 1. The highest BCUT2D eigenvalue weighted by molar-refractivity contribution is 5.90. The van der Waals surface area contributed by atoms with Crippen LogP contribution in [-0.4, -0.2) is 49.1 Å². The Balaban J connectivity index is 1.39. The molecule has 1 N–H and O–H groups in total. The van der Waals surface area contributed by atoms with E-state index in [1.807, 2.05) is 60.7 Å². The molecule has 0 amide bonds. The molecule has 1 fully saturated rings. The Morgan fingerprint density at radius 2 is 1.81 bits per heavy atom. The van der Waals surface area contributed by atoms with E-state index >= 15 is 8.78 Å². The van der Waals surface area contributed by atoms with Gasteiger partial charge in [0.05, 0.1) is 26.0 Å². The molecule has 5 rings (SSSR count). The Hall–Kier alpha value is -4.11. The van der Waals surface area contributed by atoms with Gasteiger partial charge in [-0.15, -0.1) is 0 Å². The number of fused-ring (bicyclic) bond motifs is 1. The standard InChI is InChI=1S/C27H25F2N5O2/c28-23-25(34-12-15-35-16-13-34)24(29)27(36-14-10-22-7-3-4-11-30-22)32-26(23)33-31-18-19-8-9-20-5-1-2-6-21(20)17-19/h1-9,11,17-18H,10,12-16H2,(H,32,33). The predicted octanol–water partition coefficient (Wildman–Crippen LogP) is 4.81. The Labute approximate surface area is 207 Å². The molecule has 2 aromatic heterocycles. The summed E-state index contributed by atoms with van der Waals surface area (Å²) in [5, 5.41) is 6.32. The lowest BCUT2D eigenvalue weighted by Crippen LogP contribution is -2.37. The number of aromatic nitrogens is 2. The molecule has 0 spiro atoms. The highest BCUT2D eigenvalue weighted by Gasteiger charge is 2.27. The van der Waals surface area contributed by atoms with Gasteiger partial charge in [0.2, 0.25) is 5.82 Å². The summed E-state index contributed by atoms with van der Waals surface area (Å²) in [6.45, 7) is 1.59. The van der Waals surface area contributed by atoms with E-state index < -0.39 is 11.6 Å². The quantitative estimate of drug-likeness (QED) is 0.283. The number of hydrazone groups is 1. The number of rotatable bonds is 8. The fourth-order valence-electron chi connectivity index (χ4n) is 4.00. The second-order valence-electron chi connectivity index (χ2n) is 8.24. The molecular weight excluding hydrogens is 464 g/mol. The molecule has 184 valence electrons. The lowest BCUT2D eigenvalue weighted by atomic mass is 10.1. The van der Waals surface area contributed by atoms with Gasteiger partial charge in [-0.1, -0.05) is 42.5 Å².